The van der Waals surface area contributed by atoms with Crippen LogP contribution in [0.15, 0.2) is 48.5 Å². The molecular formula is C27H33N3O5. The van der Waals surface area contributed by atoms with Gasteiger partial charge in [-0.3, -0.25) is 19.8 Å². The topological polar surface area (TPSA) is 102 Å². The molecule has 2 fully saturated rings. The van der Waals surface area contributed by atoms with Crippen molar-refractivity contribution in [2.45, 2.75) is 38.3 Å². The predicted molar refractivity (Wildman–Crippen MR) is 133 cm³/mol. The number of nitrogens with one attached hydrogen (secondary N) is 1. The minimum absolute atomic E-state index is 0.186. The molecule has 0 aromatic heterocycles. The number of rotatable bonds is 10. The minimum atomic E-state index is -0.964. The van der Waals surface area contributed by atoms with Crippen molar-refractivity contribution in [1.29, 1.82) is 0 Å². The van der Waals surface area contributed by atoms with Gasteiger partial charge in [-0.05, 0) is 60.6 Å². The number of carboxylic acids is 1. The van der Waals surface area contributed by atoms with Gasteiger partial charge in [-0.15, -0.1) is 0 Å². The van der Waals surface area contributed by atoms with Crippen LogP contribution in [-0.2, 0) is 9.59 Å². The molecule has 8 nitrogen and oxygen atoms in total. The maximum Gasteiger partial charge on any atom is 0.328 e. The zero-order chi connectivity index (χ0) is 24.6. The number of hydrogen-bond acceptors (Lipinski definition) is 6. The Kier molecular flexibility index (Phi) is 8.52. The summed E-state index contributed by atoms with van der Waals surface area (Å²) >= 11 is 0. The smallest absolute Gasteiger partial charge is 0.328 e. The molecule has 2 bridgehead atoms. The van der Waals surface area contributed by atoms with Gasteiger partial charge in [0.15, 0.2) is 0 Å². The Balaban J connectivity index is 1.56. The number of amides is 1. The van der Waals surface area contributed by atoms with Crippen LogP contribution in [-0.4, -0.2) is 64.8 Å². The van der Waals surface area contributed by atoms with Crippen LogP contribution in [0.25, 0.3) is 17.2 Å². The lowest BCUT2D eigenvalue weighted by molar-refractivity contribution is -0.131. The van der Waals surface area contributed by atoms with Gasteiger partial charge in [-0.1, -0.05) is 30.3 Å². The van der Waals surface area contributed by atoms with E-state index in [-0.39, 0.29) is 18.5 Å². The molecule has 2 aliphatic rings. The van der Waals surface area contributed by atoms with Gasteiger partial charge in [0.25, 0.3) is 0 Å². The van der Waals surface area contributed by atoms with Crippen LogP contribution in [0.3, 0.4) is 0 Å². The van der Waals surface area contributed by atoms with Crippen LogP contribution in [0.4, 0.5) is 0 Å². The summed E-state index contributed by atoms with van der Waals surface area (Å²) in [5.74, 6) is -0.477. The highest BCUT2D eigenvalue weighted by molar-refractivity contribution is 5.85. The second-order valence-corrected chi connectivity index (χ2v) is 9.04. The average Bonchev–Trinajstić information content (AvgIpc) is 2.87. The van der Waals surface area contributed by atoms with Gasteiger partial charge in [-0.25, -0.2) is 10.3 Å². The molecule has 0 unspecified atom stereocenters. The fourth-order valence-corrected chi connectivity index (χ4v) is 4.93. The first-order valence-electron chi connectivity index (χ1n) is 12.2. The third-order valence-corrected chi connectivity index (χ3v) is 6.60. The van der Waals surface area contributed by atoms with Crippen LogP contribution in [0.2, 0.25) is 0 Å². The Morgan fingerprint density at radius 1 is 0.971 bits per heavy atom. The molecule has 0 aliphatic carbocycles. The molecule has 2 saturated heterocycles. The fraction of sp³-hybridized carbons (Fsp3) is 0.407. The Hall–Kier alpha value is -3.20. The number of fused-ring (bicyclic) bond motifs is 2. The highest BCUT2D eigenvalue weighted by Crippen LogP contribution is 2.39. The van der Waals surface area contributed by atoms with Gasteiger partial charge in [0.05, 0.1) is 12.8 Å². The van der Waals surface area contributed by atoms with Gasteiger partial charge in [0, 0.05) is 44.2 Å². The maximum atomic E-state index is 11.2. The number of hydrogen-bond donors (Lipinski definition) is 3. The van der Waals surface area contributed by atoms with Crippen molar-refractivity contribution < 1.29 is 24.6 Å². The number of carboxylic acid groups (broad SMARTS) is 1. The normalized spacial score (nSPS) is 21.6. The van der Waals surface area contributed by atoms with Gasteiger partial charge in [0.2, 0.25) is 5.91 Å². The quantitative estimate of drug-likeness (QED) is 0.205. The van der Waals surface area contributed by atoms with E-state index in [9.17, 15) is 9.59 Å². The molecular weight excluding hydrogens is 446 g/mol. The van der Waals surface area contributed by atoms with Gasteiger partial charge in [0.1, 0.15) is 5.75 Å². The van der Waals surface area contributed by atoms with Crippen LogP contribution >= 0.6 is 0 Å². The van der Waals surface area contributed by atoms with Crippen molar-refractivity contribution >= 4 is 18.0 Å². The number of benzene rings is 2. The Morgan fingerprint density at radius 2 is 1.63 bits per heavy atom. The van der Waals surface area contributed by atoms with E-state index in [1.165, 1.54) is 12.8 Å². The summed E-state index contributed by atoms with van der Waals surface area (Å²) in [6.07, 6.45) is 6.89. The molecule has 0 spiro atoms. The number of unbranched alkanes of at least 4 members (excludes halogenated alkanes) is 1. The molecule has 2 aromatic rings. The zero-order valence-electron chi connectivity index (χ0n) is 19.9. The third kappa shape index (κ3) is 6.48. The summed E-state index contributed by atoms with van der Waals surface area (Å²) in [6, 6.07) is 14.2. The highest BCUT2D eigenvalue weighted by Gasteiger charge is 2.35. The van der Waals surface area contributed by atoms with E-state index >= 15 is 0 Å². The standard InChI is InChI=1S/C27H33N3O5/c31-25(28-34)5-1-2-18-35-24-12-11-22(21-9-6-20(7-10-21)8-13-26(32)33)19-23(24)27-29-14-3-15-30(27)17-4-16-29/h6-13,19,27,34H,1-5,14-18H2,(H,28,31)(H,32,33). The molecule has 3 N–H and O–H groups in total. The van der Waals surface area contributed by atoms with Crippen molar-refractivity contribution in [3.05, 3.63) is 59.7 Å². The summed E-state index contributed by atoms with van der Waals surface area (Å²) in [4.78, 5) is 27.1. The predicted octanol–water partition coefficient (Wildman–Crippen LogP) is 3.92. The number of ether oxygens (including phenoxy) is 1. The number of carbonyl (C=O) groups excluding carboxylic acids is 1. The highest BCUT2D eigenvalue weighted by atomic mass is 16.5. The Morgan fingerprint density at radius 3 is 2.26 bits per heavy atom. The van der Waals surface area contributed by atoms with Gasteiger partial charge < -0.3 is 9.84 Å². The summed E-state index contributed by atoms with van der Waals surface area (Å²) < 4.78 is 6.22. The second-order valence-electron chi connectivity index (χ2n) is 9.04. The van der Waals surface area contributed by atoms with E-state index in [2.05, 4.69) is 21.9 Å². The number of nitrogens with zero attached hydrogens (tertiary/aromatic N) is 2. The fourth-order valence-electron chi connectivity index (χ4n) is 4.93. The second kappa shape index (κ2) is 12.0. The number of carbonyl (C=O) groups is 2. The van der Waals surface area contributed by atoms with Crippen LogP contribution in [0, 0.1) is 0 Å². The molecule has 186 valence electrons. The lowest BCUT2D eigenvalue weighted by atomic mass is 9.96. The maximum absolute atomic E-state index is 11.2. The Bertz CT molecular complexity index is 1030. The van der Waals surface area contributed by atoms with Gasteiger partial charge in [-0.2, -0.15) is 0 Å². The van der Waals surface area contributed by atoms with Crippen LogP contribution in [0.1, 0.15) is 49.4 Å². The molecule has 2 aromatic carbocycles. The van der Waals surface area contributed by atoms with E-state index in [4.69, 9.17) is 15.1 Å². The van der Waals surface area contributed by atoms with E-state index in [0.29, 0.717) is 13.0 Å². The van der Waals surface area contributed by atoms with Gasteiger partial charge >= 0.3 is 5.97 Å². The summed E-state index contributed by atoms with van der Waals surface area (Å²) in [6.45, 7) is 4.80. The van der Waals surface area contributed by atoms with E-state index in [0.717, 1.165) is 66.7 Å². The third-order valence-electron chi connectivity index (χ3n) is 6.60. The molecule has 2 aliphatic heterocycles. The van der Waals surface area contributed by atoms with Crippen LogP contribution in [0.5, 0.6) is 5.75 Å². The molecule has 1 amide bonds. The summed E-state index contributed by atoms with van der Waals surface area (Å²) in [5.41, 5.74) is 5.81. The zero-order valence-corrected chi connectivity index (χ0v) is 19.9. The van der Waals surface area contributed by atoms with Crippen molar-refractivity contribution in [3.8, 4) is 16.9 Å². The lowest BCUT2D eigenvalue weighted by Crippen LogP contribution is -2.52. The summed E-state index contributed by atoms with van der Waals surface area (Å²) in [7, 11) is 0. The number of hydroxylamine groups is 1. The van der Waals surface area contributed by atoms with Crippen molar-refractivity contribution in [1.82, 2.24) is 15.3 Å². The van der Waals surface area contributed by atoms with Crippen LogP contribution < -0.4 is 10.2 Å². The van der Waals surface area contributed by atoms with E-state index < -0.39 is 5.97 Å². The first kappa shape index (κ1) is 24.9. The molecule has 0 radical (unpaired) electrons. The first-order valence-corrected chi connectivity index (χ1v) is 12.2. The molecule has 2 heterocycles. The lowest BCUT2D eigenvalue weighted by Gasteiger charge is -2.48. The summed E-state index contributed by atoms with van der Waals surface area (Å²) in [5, 5.41) is 17.5. The Labute approximate surface area is 205 Å². The monoisotopic (exact) mass is 479 g/mol. The average molecular weight is 480 g/mol. The number of aliphatic carboxylic acids is 1. The first-order chi connectivity index (χ1) is 17.0. The molecule has 4 rings (SSSR count). The van der Waals surface area contributed by atoms with Crippen molar-refractivity contribution in [2.24, 2.45) is 0 Å². The van der Waals surface area contributed by atoms with E-state index in [1.54, 1.807) is 11.6 Å². The van der Waals surface area contributed by atoms with Crippen molar-refractivity contribution in [3.63, 3.8) is 0 Å². The van der Waals surface area contributed by atoms with E-state index in [1.807, 2.05) is 30.3 Å². The SMILES string of the molecule is O=C(O)C=Cc1ccc(-c2ccc(OCCCCC(=O)NO)c(C3N4CCCN3CCC4)c2)cc1. The molecule has 0 saturated carbocycles. The molecule has 0 atom stereocenters. The largest absolute Gasteiger partial charge is 0.493 e. The molecule has 35 heavy (non-hydrogen) atoms. The molecule has 8 heteroatoms. The van der Waals surface area contributed by atoms with Crippen molar-refractivity contribution in [2.75, 3.05) is 32.8 Å². The minimum Gasteiger partial charge on any atom is -0.493 e.